The minimum Gasteiger partial charge on any atom is -0.464 e. The average molecular weight is 402 g/mol. The van der Waals surface area contributed by atoms with Crippen molar-refractivity contribution in [3.05, 3.63) is 0 Å². The Labute approximate surface area is 170 Å². The molecule has 164 valence electrons. The number of esters is 3. The molecule has 7 heteroatoms. The molecule has 28 heavy (non-hydrogen) atoms. The molecule has 0 aliphatic carbocycles. The van der Waals surface area contributed by atoms with E-state index in [-0.39, 0.29) is 55.5 Å². The van der Waals surface area contributed by atoms with Crippen molar-refractivity contribution < 1.29 is 28.6 Å². The van der Waals surface area contributed by atoms with Crippen LogP contribution in [0.1, 0.15) is 60.8 Å². The van der Waals surface area contributed by atoms with Crippen LogP contribution in [0.3, 0.4) is 0 Å². The van der Waals surface area contributed by atoms with E-state index in [0.29, 0.717) is 38.9 Å². The summed E-state index contributed by atoms with van der Waals surface area (Å²) in [6.07, 6.45) is 1.17. The van der Waals surface area contributed by atoms with Gasteiger partial charge in [0.25, 0.3) is 0 Å². The van der Waals surface area contributed by atoms with E-state index < -0.39 is 0 Å². The molecule has 0 bridgehead atoms. The van der Waals surface area contributed by atoms with Crippen LogP contribution in [0.25, 0.3) is 0 Å². The van der Waals surface area contributed by atoms with E-state index in [9.17, 15) is 14.4 Å². The molecule has 0 aromatic carbocycles. The van der Waals surface area contributed by atoms with Crippen LogP contribution in [0.2, 0.25) is 0 Å². The van der Waals surface area contributed by atoms with Crippen LogP contribution in [0.4, 0.5) is 0 Å². The molecule has 0 aliphatic rings. The maximum Gasteiger partial charge on any atom is 0.306 e. The fourth-order valence-electron chi connectivity index (χ4n) is 2.38. The second kappa shape index (κ2) is 15.3. The molecule has 0 aromatic rings. The van der Waals surface area contributed by atoms with E-state index in [0.717, 1.165) is 0 Å². The first-order valence-electron chi connectivity index (χ1n) is 10.3. The van der Waals surface area contributed by atoms with Crippen molar-refractivity contribution in [3.63, 3.8) is 0 Å². The number of carbonyl (C=O) groups is 3. The molecule has 0 radical (unpaired) electrons. The smallest absolute Gasteiger partial charge is 0.306 e. The van der Waals surface area contributed by atoms with Gasteiger partial charge < -0.3 is 14.2 Å². The van der Waals surface area contributed by atoms with Gasteiger partial charge in [-0.3, -0.25) is 19.3 Å². The van der Waals surface area contributed by atoms with Crippen LogP contribution in [0.5, 0.6) is 0 Å². The van der Waals surface area contributed by atoms with Gasteiger partial charge in [0.15, 0.2) is 0 Å². The van der Waals surface area contributed by atoms with Gasteiger partial charge in [-0.25, -0.2) is 0 Å². The third kappa shape index (κ3) is 16.5. The summed E-state index contributed by atoms with van der Waals surface area (Å²) in [6, 6.07) is 0. The first kappa shape index (κ1) is 26.4. The van der Waals surface area contributed by atoms with E-state index >= 15 is 0 Å². The largest absolute Gasteiger partial charge is 0.464 e. The van der Waals surface area contributed by atoms with Crippen LogP contribution in [-0.2, 0) is 28.6 Å². The lowest BCUT2D eigenvalue weighted by Crippen LogP contribution is -2.35. The Hall–Kier alpha value is -1.63. The van der Waals surface area contributed by atoms with Gasteiger partial charge >= 0.3 is 17.9 Å². The lowest BCUT2D eigenvalue weighted by atomic mass is 10.1. The molecule has 0 amide bonds. The molecule has 0 saturated heterocycles. The van der Waals surface area contributed by atoms with Crippen LogP contribution in [-0.4, -0.2) is 62.3 Å². The van der Waals surface area contributed by atoms with Gasteiger partial charge in [-0.1, -0.05) is 41.5 Å². The van der Waals surface area contributed by atoms with Gasteiger partial charge in [0.05, 0.1) is 0 Å². The van der Waals surface area contributed by atoms with Crippen LogP contribution in [0.15, 0.2) is 0 Å². The number of carbonyl (C=O) groups excluding carboxylic acids is 3. The minimum atomic E-state index is -0.221. The summed E-state index contributed by atoms with van der Waals surface area (Å²) in [7, 11) is 0. The molecule has 0 N–H and O–H groups in total. The summed E-state index contributed by atoms with van der Waals surface area (Å²) >= 11 is 0. The first-order chi connectivity index (χ1) is 13.1. The van der Waals surface area contributed by atoms with E-state index in [1.807, 2.05) is 46.4 Å². The Morgan fingerprint density at radius 2 is 0.821 bits per heavy atom. The summed E-state index contributed by atoms with van der Waals surface area (Å²) in [5.41, 5.74) is 0. The second-order valence-corrected chi connectivity index (χ2v) is 8.30. The fourth-order valence-corrected chi connectivity index (χ4v) is 2.38. The standard InChI is InChI=1S/C21H39NO6/c1-16(2)13-19(23)26-10-7-22(8-11-27-20(24)14-17(3)4)9-12-28-21(25)15-18(5)6/h16-18H,7-15H2,1-6H3. The monoisotopic (exact) mass is 401 g/mol. The van der Waals surface area contributed by atoms with E-state index in [2.05, 4.69) is 0 Å². The van der Waals surface area contributed by atoms with Crippen molar-refractivity contribution in [3.8, 4) is 0 Å². The number of hydrogen-bond acceptors (Lipinski definition) is 7. The number of nitrogens with zero attached hydrogens (tertiary/aromatic N) is 1. The number of hydrogen-bond donors (Lipinski definition) is 0. The zero-order chi connectivity index (χ0) is 21.5. The maximum atomic E-state index is 11.7. The highest BCUT2D eigenvalue weighted by atomic mass is 16.5. The Morgan fingerprint density at radius 3 is 1.04 bits per heavy atom. The third-order valence-corrected chi connectivity index (χ3v) is 3.74. The van der Waals surface area contributed by atoms with Crippen LogP contribution < -0.4 is 0 Å². The molecule has 7 nitrogen and oxygen atoms in total. The zero-order valence-corrected chi connectivity index (χ0v) is 18.5. The molecule has 0 atom stereocenters. The van der Waals surface area contributed by atoms with E-state index in [4.69, 9.17) is 14.2 Å². The number of rotatable bonds is 15. The van der Waals surface area contributed by atoms with Gasteiger partial charge in [0.1, 0.15) is 19.8 Å². The van der Waals surface area contributed by atoms with Crippen molar-refractivity contribution in [1.29, 1.82) is 0 Å². The van der Waals surface area contributed by atoms with Crippen molar-refractivity contribution in [2.75, 3.05) is 39.5 Å². The van der Waals surface area contributed by atoms with Crippen molar-refractivity contribution in [2.45, 2.75) is 60.8 Å². The molecule has 0 aromatic heterocycles. The van der Waals surface area contributed by atoms with Gasteiger partial charge in [-0.05, 0) is 17.8 Å². The Bertz CT molecular complexity index is 395. The van der Waals surface area contributed by atoms with E-state index in [1.54, 1.807) is 0 Å². The molecular formula is C21H39NO6. The third-order valence-electron chi connectivity index (χ3n) is 3.74. The predicted octanol–water partition coefficient (Wildman–Crippen LogP) is 3.06. The van der Waals surface area contributed by atoms with Crippen molar-refractivity contribution >= 4 is 17.9 Å². The molecule has 0 saturated carbocycles. The summed E-state index contributed by atoms with van der Waals surface area (Å²) in [5.74, 6) is 0.100. The lowest BCUT2D eigenvalue weighted by Gasteiger charge is -2.22. The topological polar surface area (TPSA) is 82.1 Å². The van der Waals surface area contributed by atoms with Gasteiger partial charge in [0, 0.05) is 38.9 Å². The van der Waals surface area contributed by atoms with Crippen molar-refractivity contribution in [2.24, 2.45) is 17.8 Å². The highest BCUT2D eigenvalue weighted by molar-refractivity contribution is 5.70. The number of ether oxygens (including phenoxy) is 3. The molecule has 0 heterocycles. The summed E-state index contributed by atoms with van der Waals surface area (Å²) in [5, 5.41) is 0. The molecule has 0 rings (SSSR count). The summed E-state index contributed by atoms with van der Waals surface area (Å²) in [6.45, 7) is 14.0. The Balaban J connectivity index is 4.34. The van der Waals surface area contributed by atoms with Crippen LogP contribution in [0, 0.1) is 17.8 Å². The van der Waals surface area contributed by atoms with Gasteiger partial charge in [-0.15, -0.1) is 0 Å². The van der Waals surface area contributed by atoms with Crippen molar-refractivity contribution in [1.82, 2.24) is 4.90 Å². The SMILES string of the molecule is CC(C)CC(=O)OCCN(CCOC(=O)CC(C)C)CCOC(=O)CC(C)C. The first-order valence-corrected chi connectivity index (χ1v) is 10.3. The van der Waals surface area contributed by atoms with Crippen LogP contribution >= 0.6 is 0 Å². The maximum absolute atomic E-state index is 11.7. The molecular weight excluding hydrogens is 362 g/mol. The molecule has 0 aliphatic heterocycles. The van der Waals surface area contributed by atoms with Gasteiger partial charge in [0.2, 0.25) is 0 Å². The fraction of sp³-hybridized carbons (Fsp3) is 0.857. The molecule has 0 spiro atoms. The Morgan fingerprint density at radius 1 is 0.571 bits per heavy atom. The predicted molar refractivity (Wildman–Crippen MR) is 108 cm³/mol. The molecule has 0 unspecified atom stereocenters. The zero-order valence-electron chi connectivity index (χ0n) is 18.5. The van der Waals surface area contributed by atoms with E-state index in [1.165, 1.54) is 0 Å². The average Bonchev–Trinajstić information content (AvgIpc) is 2.52. The normalized spacial score (nSPS) is 11.4. The Kier molecular flexibility index (Phi) is 14.4. The highest BCUT2D eigenvalue weighted by Crippen LogP contribution is 2.04. The minimum absolute atomic E-state index is 0.221. The van der Waals surface area contributed by atoms with Gasteiger partial charge in [-0.2, -0.15) is 0 Å². The summed E-state index contributed by atoms with van der Waals surface area (Å²) in [4.78, 5) is 37.0. The molecule has 0 fully saturated rings. The quantitative estimate of drug-likeness (QED) is 0.308. The summed E-state index contributed by atoms with van der Waals surface area (Å²) < 4.78 is 15.7. The second-order valence-electron chi connectivity index (χ2n) is 8.30. The highest BCUT2D eigenvalue weighted by Gasteiger charge is 2.12. The lowest BCUT2D eigenvalue weighted by molar-refractivity contribution is -0.145.